The first-order valence-electron chi connectivity index (χ1n) is 16.9. The van der Waals surface area contributed by atoms with Gasteiger partial charge >= 0.3 is 23.9 Å². The summed E-state index contributed by atoms with van der Waals surface area (Å²) in [7, 11) is 0. The van der Waals surface area contributed by atoms with Crippen LogP contribution in [0.1, 0.15) is 66.1 Å². The Hall–Kier alpha value is -6.22. The number of rotatable bonds is 15. The number of ether oxygens (including phenoxy) is 5. The zero-order chi connectivity index (χ0) is 37.2. The molecule has 1 fully saturated rings. The first-order chi connectivity index (χ1) is 25.0. The largest absolute Gasteiger partial charge is 0.493 e. The molecular formula is C43H40O9. The van der Waals surface area contributed by atoms with Gasteiger partial charge < -0.3 is 23.7 Å². The second-order valence-electron chi connectivity index (χ2n) is 12.5. The van der Waals surface area contributed by atoms with E-state index in [0.29, 0.717) is 35.8 Å². The fourth-order valence-corrected chi connectivity index (χ4v) is 5.01. The summed E-state index contributed by atoms with van der Waals surface area (Å²) < 4.78 is 27.3. The highest BCUT2D eigenvalue weighted by molar-refractivity contribution is 5.92. The smallest absolute Gasteiger partial charge is 0.343 e. The molecule has 266 valence electrons. The third-order valence-electron chi connectivity index (χ3n) is 8.03. The fraction of sp³-hybridized carbons (Fsp3) is 0.209. The normalized spacial score (nSPS) is 12.1. The summed E-state index contributed by atoms with van der Waals surface area (Å²) in [5.74, 6) is 0.124. The minimum atomic E-state index is -0.599. The van der Waals surface area contributed by atoms with Crippen molar-refractivity contribution in [1.82, 2.24) is 0 Å². The molecule has 0 unspecified atom stereocenters. The fourth-order valence-electron chi connectivity index (χ4n) is 5.01. The topological polar surface area (TPSA) is 114 Å². The Morgan fingerprint density at radius 2 is 1.37 bits per heavy atom. The summed E-state index contributed by atoms with van der Waals surface area (Å²) in [6.45, 7) is 12.8. The lowest BCUT2D eigenvalue weighted by Crippen LogP contribution is -2.10. The van der Waals surface area contributed by atoms with Crippen LogP contribution in [0.5, 0.6) is 23.0 Å². The minimum absolute atomic E-state index is 0.262. The van der Waals surface area contributed by atoms with Crippen LogP contribution in [0, 0.1) is 6.92 Å². The van der Waals surface area contributed by atoms with Gasteiger partial charge in [-0.05, 0) is 128 Å². The molecule has 0 amide bonds. The monoisotopic (exact) mass is 700 g/mol. The molecule has 0 aromatic heterocycles. The van der Waals surface area contributed by atoms with Crippen molar-refractivity contribution >= 4 is 30.0 Å². The molecule has 0 atom stereocenters. The third kappa shape index (κ3) is 10.4. The zero-order valence-corrected chi connectivity index (χ0v) is 29.4. The summed E-state index contributed by atoms with van der Waals surface area (Å²) in [6, 6.07) is 24.7. The first kappa shape index (κ1) is 37.0. The molecule has 0 aliphatic heterocycles. The van der Waals surface area contributed by atoms with Gasteiger partial charge in [0.25, 0.3) is 0 Å². The van der Waals surface area contributed by atoms with Gasteiger partial charge in [-0.2, -0.15) is 0 Å². The van der Waals surface area contributed by atoms with Crippen LogP contribution < -0.4 is 18.9 Å². The molecule has 1 saturated carbocycles. The second kappa shape index (κ2) is 17.1. The van der Waals surface area contributed by atoms with E-state index in [2.05, 4.69) is 19.2 Å². The van der Waals surface area contributed by atoms with Gasteiger partial charge in [0.05, 0.1) is 18.8 Å². The van der Waals surface area contributed by atoms with Gasteiger partial charge in [-0.3, -0.25) is 0 Å². The van der Waals surface area contributed by atoms with E-state index in [1.54, 1.807) is 39.0 Å². The lowest BCUT2D eigenvalue weighted by molar-refractivity contribution is -0.139. The molecule has 0 radical (unpaired) electrons. The van der Waals surface area contributed by atoms with E-state index in [0.717, 1.165) is 35.3 Å². The Kier molecular flexibility index (Phi) is 12.2. The van der Waals surface area contributed by atoms with Gasteiger partial charge in [0.1, 0.15) is 23.0 Å². The van der Waals surface area contributed by atoms with Crippen LogP contribution in [0.15, 0.2) is 115 Å². The highest BCUT2D eigenvalue weighted by Crippen LogP contribution is 2.45. The van der Waals surface area contributed by atoms with Crippen LogP contribution >= 0.6 is 0 Å². The van der Waals surface area contributed by atoms with Gasteiger partial charge in [0.2, 0.25) is 0 Å². The van der Waals surface area contributed by atoms with Gasteiger partial charge in [-0.25, -0.2) is 19.2 Å². The quantitative estimate of drug-likeness (QED) is 0.0520. The van der Waals surface area contributed by atoms with Crippen LogP contribution in [0.25, 0.3) is 17.2 Å². The average molecular weight is 701 g/mol. The van der Waals surface area contributed by atoms with Crippen LogP contribution in [0.4, 0.5) is 0 Å². The molecule has 0 spiro atoms. The van der Waals surface area contributed by atoms with Crippen molar-refractivity contribution in [1.29, 1.82) is 0 Å². The highest BCUT2D eigenvalue weighted by atomic mass is 16.5. The van der Waals surface area contributed by atoms with E-state index in [1.807, 2.05) is 36.4 Å². The predicted molar refractivity (Wildman–Crippen MR) is 197 cm³/mol. The van der Waals surface area contributed by atoms with E-state index < -0.39 is 23.9 Å². The number of hydrogen-bond acceptors (Lipinski definition) is 9. The highest BCUT2D eigenvalue weighted by Gasteiger charge is 2.27. The first-order valence-corrected chi connectivity index (χ1v) is 16.9. The summed E-state index contributed by atoms with van der Waals surface area (Å²) in [5, 5.41) is 0. The van der Waals surface area contributed by atoms with Crippen molar-refractivity contribution in [2.75, 3.05) is 13.2 Å². The van der Waals surface area contributed by atoms with E-state index >= 15 is 0 Å². The van der Waals surface area contributed by atoms with Gasteiger partial charge in [0, 0.05) is 23.6 Å². The van der Waals surface area contributed by atoms with Crippen molar-refractivity contribution < 1.29 is 42.9 Å². The Morgan fingerprint density at radius 1 is 0.712 bits per heavy atom. The van der Waals surface area contributed by atoms with Crippen LogP contribution in [-0.2, 0) is 19.1 Å². The lowest BCUT2D eigenvalue weighted by Gasteiger charge is -2.13. The predicted octanol–water partition coefficient (Wildman–Crippen LogP) is 8.75. The second-order valence-corrected chi connectivity index (χ2v) is 12.5. The molecule has 9 heteroatoms. The molecule has 0 N–H and O–H groups in total. The zero-order valence-electron chi connectivity index (χ0n) is 29.4. The maximum atomic E-state index is 12.6. The molecule has 0 heterocycles. The van der Waals surface area contributed by atoms with Crippen molar-refractivity contribution in [3.8, 4) is 34.1 Å². The molecule has 4 aromatic carbocycles. The number of benzene rings is 4. The average Bonchev–Trinajstić information content (AvgIpc) is 3.98. The van der Waals surface area contributed by atoms with Crippen molar-refractivity contribution in [3.63, 3.8) is 0 Å². The molecular weight excluding hydrogens is 660 g/mol. The third-order valence-corrected chi connectivity index (χ3v) is 8.03. The maximum absolute atomic E-state index is 12.6. The van der Waals surface area contributed by atoms with Gasteiger partial charge in [-0.1, -0.05) is 43.5 Å². The number of aryl methyl sites for hydroxylation is 1. The Labute approximate surface area is 303 Å². The van der Waals surface area contributed by atoms with E-state index in [-0.39, 0.29) is 29.2 Å². The van der Waals surface area contributed by atoms with E-state index in [9.17, 15) is 19.2 Å². The van der Waals surface area contributed by atoms with Gasteiger partial charge in [-0.15, -0.1) is 0 Å². The van der Waals surface area contributed by atoms with Crippen LogP contribution in [0.3, 0.4) is 0 Å². The Balaban J connectivity index is 1.12. The summed E-state index contributed by atoms with van der Waals surface area (Å²) >= 11 is 0. The van der Waals surface area contributed by atoms with E-state index in [4.69, 9.17) is 23.7 Å². The maximum Gasteiger partial charge on any atom is 0.343 e. The molecule has 0 bridgehead atoms. The molecule has 1 aliphatic carbocycles. The molecule has 4 aromatic rings. The molecule has 0 saturated heterocycles. The number of carbonyl (C=O) groups is 4. The summed E-state index contributed by atoms with van der Waals surface area (Å²) in [4.78, 5) is 48.5. The number of carbonyl (C=O) groups excluding carboxylic acids is 4. The minimum Gasteiger partial charge on any atom is -0.493 e. The van der Waals surface area contributed by atoms with Crippen molar-refractivity contribution in [2.45, 2.75) is 46.0 Å². The standard InChI is InChI=1S/C43H40O9/c1-27(2)41(45)49-24-6-23-48-39-20-16-34(26-37(39)32-12-13-32)31-10-7-30(8-11-31)9-22-40(44)52-38-21-19-36(25-29(38)5)51-43(47)33-14-17-35(18-15-33)50-42(46)28(3)4/h7-11,14-22,25-26,32H,1,3,6,12-13,23-24H2,2,4-5H3/b22-9+. The van der Waals surface area contributed by atoms with Crippen molar-refractivity contribution in [3.05, 3.63) is 138 Å². The molecule has 1 aliphatic rings. The summed E-state index contributed by atoms with van der Waals surface area (Å²) in [6.07, 6.45) is 5.88. The SMILES string of the molecule is C=C(C)C(=O)OCCCOc1ccc(-c2ccc(/C=C/C(=O)Oc3ccc(OC(=O)c4ccc(OC(=O)C(=C)C)cc4)cc3C)cc2)cc1C1CC1. The number of hydrogen-bond donors (Lipinski definition) is 0. The van der Waals surface area contributed by atoms with Crippen LogP contribution in [-0.4, -0.2) is 37.1 Å². The molecule has 5 rings (SSSR count). The summed E-state index contributed by atoms with van der Waals surface area (Å²) in [5.41, 5.74) is 5.63. The van der Waals surface area contributed by atoms with E-state index in [1.165, 1.54) is 42.0 Å². The Morgan fingerprint density at radius 3 is 2.02 bits per heavy atom. The molecule has 9 nitrogen and oxygen atoms in total. The number of esters is 4. The lowest BCUT2D eigenvalue weighted by atomic mass is 9.99. The van der Waals surface area contributed by atoms with Crippen molar-refractivity contribution in [2.24, 2.45) is 0 Å². The van der Waals surface area contributed by atoms with Crippen LogP contribution in [0.2, 0.25) is 0 Å². The molecule has 52 heavy (non-hydrogen) atoms. The van der Waals surface area contributed by atoms with Gasteiger partial charge in [0.15, 0.2) is 0 Å². The Bertz CT molecular complexity index is 2020.